The number of imide groups is 1. The van der Waals surface area contributed by atoms with Gasteiger partial charge in [-0.1, -0.05) is 18.2 Å². The van der Waals surface area contributed by atoms with Crippen LogP contribution in [0.15, 0.2) is 30.4 Å². The molecule has 1 saturated heterocycles. The van der Waals surface area contributed by atoms with Gasteiger partial charge in [0.2, 0.25) is 11.8 Å². The second-order valence-corrected chi connectivity index (χ2v) is 7.92. The van der Waals surface area contributed by atoms with E-state index in [4.69, 9.17) is 9.47 Å². The van der Waals surface area contributed by atoms with Crippen molar-refractivity contribution in [3.8, 4) is 11.5 Å². The monoisotopic (exact) mass is 353 g/mol. The van der Waals surface area contributed by atoms with Crippen molar-refractivity contribution < 1.29 is 19.1 Å². The SMILES string of the molecule is COc1ccc(CCN2C(=O)[C@@H]3[C@H]4C=C[C@@H]([C@@H]5C[C@H]45)[C@@H]3C2=O)cc1OC. The average Bonchev–Trinajstić information content (AvgIpc) is 3.45. The molecule has 1 aromatic carbocycles. The number of carbonyl (C=O) groups excluding carboxylic acids is 2. The molecule has 3 fully saturated rings. The van der Waals surface area contributed by atoms with Gasteiger partial charge in [0.15, 0.2) is 11.5 Å². The maximum Gasteiger partial charge on any atom is 0.233 e. The molecule has 1 heterocycles. The predicted octanol–water partition coefficient (Wildman–Crippen LogP) is 2.30. The van der Waals surface area contributed by atoms with Gasteiger partial charge in [0.05, 0.1) is 26.1 Å². The summed E-state index contributed by atoms with van der Waals surface area (Å²) in [5.41, 5.74) is 1.03. The van der Waals surface area contributed by atoms with E-state index in [1.165, 1.54) is 11.3 Å². The molecule has 5 heteroatoms. The van der Waals surface area contributed by atoms with Crippen LogP contribution in [0.2, 0.25) is 0 Å². The average molecular weight is 353 g/mol. The van der Waals surface area contributed by atoms with Gasteiger partial charge in [-0.3, -0.25) is 14.5 Å². The first kappa shape index (κ1) is 15.9. The van der Waals surface area contributed by atoms with Gasteiger partial charge in [-0.15, -0.1) is 0 Å². The lowest BCUT2D eigenvalue weighted by Crippen LogP contribution is -2.40. The van der Waals surface area contributed by atoms with E-state index in [0.29, 0.717) is 36.3 Å². The van der Waals surface area contributed by atoms with Crippen molar-refractivity contribution in [3.63, 3.8) is 0 Å². The fourth-order valence-electron chi connectivity index (χ4n) is 5.52. The number of hydrogen-bond acceptors (Lipinski definition) is 4. The van der Waals surface area contributed by atoms with E-state index >= 15 is 0 Å². The highest BCUT2D eigenvalue weighted by Gasteiger charge is 2.66. The Morgan fingerprint density at radius 1 is 0.962 bits per heavy atom. The number of allylic oxidation sites excluding steroid dienone is 2. The van der Waals surface area contributed by atoms with E-state index in [2.05, 4.69) is 12.2 Å². The number of benzene rings is 1. The fraction of sp³-hybridized carbons (Fsp3) is 0.524. The van der Waals surface area contributed by atoms with Crippen LogP contribution in [-0.2, 0) is 16.0 Å². The number of nitrogens with zero attached hydrogens (tertiary/aromatic N) is 1. The van der Waals surface area contributed by atoms with Crippen molar-refractivity contribution in [2.75, 3.05) is 20.8 Å². The number of likely N-dealkylation sites (tertiary alicyclic amines) is 1. The van der Waals surface area contributed by atoms with Crippen LogP contribution in [0.5, 0.6) is 11.5 Å². The van der Waals surface area contributed by atoms with Crippen LogP contribution >= 0.6 is 0 Å². The summed E-state index contributed by atoms with van der Waals surface area (Å²) >= 11 is 0. The van der Waals surface area contributed by atoms with Gasteiger partial charge in [-0.25, -0.2) is 0 Å². The number of methoxy groups -OCH3 is 2. The topological polar surface area (TPSA) is 55.8 Å². The van der Waals surface area contributed by atoms with Gasteiger partial charge in [0.25, 0.3) is 0 Å². The maximum absolute atomic E-state index is 13.0. The number of ether oxygens (including phenoxy) is 2. The summed E-state index contributed by atoms with van der Waals surface area (Å²) in [7, 11) is 3.21. The Morgan fingerprint density at radius 3 is 2.15 bits per heavy atom. The van der Waals surface area contributed by atoms with Crippen molar-refractivity contribution >= 4 is 11.8 Å². The zero-order chi connectivity index (χ0) is 18.0. The second kappa shape index (κ2) is 5.60. The summed E-state index contributed by atoms with van der Waals surface area (Å²) in [5, 5.41) is 0. The molecule has 0 radical (unpaired) electrons. The molecule has 2 bridgehead atoms. The van der Waals surface area contributed by atoms with Gasteiger partial charge >= 0.3 is 0 Å². The molecule has 26 heavy (non-hydrogen) atoms. The Bertz CT molecular complexity index is 780. The molecule has 2 saturated carbocycles. The summed E-state index contributed by atoms with van der Waals surface area (Å²) < 4.78 is 10.6. The zero-order valence-corrected chi connectivity index (χ0v) is 15.1. The summed E-state index contributed by atoms with van der Waals surface area (Å²) in [4.78, 5) is 27.5. The minimum absolute atomic E-state index is 0.0465. The lowest BCUT2D eigenvalue weighted by atomic mass is 9.63. The molecular formula is C21H23NO4. The van der Waals surface area contributed by atoms with Gasteiger partial charge in [0.1, 0.15) is 0 Å². The van der Waals surface area contributed by atoms with Crippen LogP contribution in [0, 0.1) is 35.5 Å². The summed E-state index contributed by atoms with van der Waals surface area (Å²) in [6.07, 6.45) is 6.25. The Kier molecular flexibility index (Phi) is 3.43. The molecule has 0 spiro atoms. The highest BCUT2D eigenvalue weighted by Crippen LogP contribution is 2.65. The molecule has 136 valence electrons. The Labute approximate surface area is 153 Å². The minimum Gasteiger partial charge on any atom is -0.493 e. The molecule has 5 aliphatic rings. The normalized spacial score (nSPS) is 36.2. The first-order valence-electron chi connectivity index (χ1n) is 9.38. The first-order chi connectivity index (χ1) is 12.6. The van der Waals surface area contributed by atoms with Crippen LogP contribution < -0.4 is 9.47 Å². The number of carbonyl (C=O) groups is 2. The highest BCUT2D eigenvalue weighted by molar-refractivity contribution is 6.06. The molecular weight excluding hydrogens is 330 g/mol. The minimum atomic E-state index is -0.105. The lowest BCUT2D eigenvalue weighted by molar-refractivity contribution is -0.140. The molecule has 1 aliphatic heterocycles. The van der Waals surface area contributed by atoms with Gasteiger partial charge in [-0.05, 0) is 54.2 Å². The van der Waals surface area contributed by atoms with Crippen molar-refractivity contribution in [1.29, 1.82) is 0 Å². The molecule has 2 amide bonds. The van der Waals surface area contributed by atoms with Crippen molar-refractivity contribution in [1.82, 2.24) is 4.90 Å². The van der Waals surface area contributed by atoms with Crippen LogP contribution in [0.1, 0.15) is 12.0 Å². The van der Waals surface area contributed by atoms with E-state index in [0.717, 1.165) is 5.56 Å². The van der Waals surface area contributed by atoms with E-state index < -0.39 is 0 Å². The molecule has 0 aromatic heterocycles. The smallest absolute Gasteiger partial charge is 0.233 e. The summed E-state index contributed by atoms with van der Waals surface area (Å²) in [6, 6.07) is 5.73. The third-order valence-corrected chi connectivity index (χ3v) is 6.83. The highest BCUT2D eigenvalue weighted by atomic mass is 16.5. The van der Waals surface area contributed by atoms with Crippen molar-refractivity contribution in [3.05, 3.63) is 35.9 Å². The number of hydrogen-bond donors (Lipinski definition) is 0. The predicted molar refractivity (Wildman–Crippen MR) is 94.7 cm³/mol. The van der Waals surface area contributed by atoms with Crippen LogP contribution in [-0.4, -0.2) is 37.5 Å². The van der Waals surface area contributed by atoms with E-state index in [1.807, 2.05) is 18.2 Å². The quantitative estimate of drug-likeness (QED) is 0.602. The van der Waals surface area contributed by atoms with Crippen LogP contribution in [0.3, 0.4) is 0 Å². The first-order valence-corrected chi connectivity index (χ1v) is 9.38. The summed E-state index contributed by atoms with van der Waals surface area (Å²) in [6.45, 7) is 0.439. The van der Waals surface area contributed by atoms with Crippen LogP contribution in [0.25, 0.3) is 0 Å². The molecule has 1 aromatic rings. The number of amides is 2. The van der Waals surface area contributed by atoms with E-state index in [-0.39, 0.29) is 35.5 Å². The molecule has 4 aliphatic carbocycles. The maximum atomic E-state index is 13.0. The standard InChI is InChI=1S/C21H23NO4/c1-25-16-6-3-11(9-17(16)26-2)7-8-22-20(23)18-12-4-5-13(15-10-14(12)15)19(18)21(22)24/h3-6,9,12-15,18-19H,7-8,10H2,1-2H3/t12-,13-,14-,15+,18-,19+/m0/s1. The Morgan fingerprint density at radius 2 is 1.58 bits per heavy atom. The summed E-state index contributed by atoms with van der Waals surface area (Å²) in [5.74, 6) is 3.10. The molecule has 0 N–H and O–H groups in total. The second-order valence-electron chi connectivity index (χ2n) is 7.92. The largest absolute Gasteiger partial charge is 0.493 e. The van der Waals surface area contributed by atoms with Crippen molar-refractivity contribution in [2.45, 2.75) is 12.8 Å². The molecule has 6 atom stereocenters. The van der Waals surface area contributed by atoms with Gasteiger partial charge in [0, 0.05) is 6.54 Å². The third-order valence-electron chi connectivity index (χ3n) is 6.83. The van der Waals surface area contributed by atoms with Gasteiger partial charge < -0.3 is 9.47 Å². The molecule has 6 rings (SSSR count). The van der Waals surface area contributed by atoms with Crippen molar-refractivity contribution in [2.24, 2.45) is 35.5 Å². The third kappa shape index (κ3) is 2.09. The Balaban J connectivity index is 1.33. The number of rotatable bonds is 5. The van der Waals surface area contributed by atoms with E-state index in [9.17, 15) is 9.59 Å². The van der Waals surface area contributed by atoms with E-state index in [1.54, 1.807) is 14.2 Å². The fourth-order valence-corrected chi connectivity index (χ4v) is 5.52. The van der Waals surface area contributed by atoms with Crippen LogP contribution in [0.4, 0.5) is 0 Å². The lowest BCUT2D eigenvalue weighted by Gasteiger charge is -2.37. The zero-order valence-electron chi connectivity index (χ0n) is 15.1. The Hall–Kier alpha value is -2.30. The molecule has 5 nitrogen and oxygen atoms in total. The molecule has 0 unspecified atom stereocenters. The van der Waals surface area contributed by atoms with Gasteiger partial charge in [-0.2, -0.15) is 0 Å².